The van der Waals surface area contributed by atoms with Gasteiger partial charge in [-0.1, -0.05) is 24.3 Å². The van der Waals surface area contributed by atoms with Gasteiger partial charge in [-0.25, -0.2) is 13.2 Å². The molecule has 0 fully saturated rings. The van der Waals surface area contributed by atoms with Gasteiger partial charge in [-0.15, -0.1) is 0 Å². The van der Waals surface area contributed by atoms with Crippen molar-refractivity contribution in [2.45, 2.75) is 17.9 Å². The quantitative estimate of drug-likeness (QED) is 0.322. The van der Waals surface area contributed by atoms with E-state index in [-0.39, 0.29) is 40.7 Å². The van der Waals surface area contributed by atoms with E-state index in [9.17, 15) is 23.1 Å². The van der Waals surface area contributed by atoms with Gasteiger partial charge in [-0.05, 0) is 42.5 Å². The molecule has 4 rings (SSSR count). The Morgan fingerprint density at radius 1 is 1.00 bits per heavy atom. The Kier molecular flexibility index (Phi) is 6.52. The summed E-state index contributed by atoms with van der Waals surface area (Å²) < 4.78 is 36.4. The van der Waals surface area contributed by atoms with Gasteiger partial charge in [0.25, 0.3) is 10.0 Å². The zero-order chi connectivity index (χ0) is 25.2. The Labute approximate surface area is 201 Å². The fourth-order valence-electron chi connectivity index (χ4n) is 3.72. The average molecular weight is 497 g/mol. The fourth-order valence-corrected chi connectivity index (χ4v) is 4.82. The normalized spacial score (nSPS) is 11.4. The SMILES string of the molecule is COc1ccccc1NS(=O)(=O)c1ccc(O)c(NC(=O)CCn2c(=O)n(C)c3ccccc32)c1. The molecule has 3 N–H and O–H groups in total. The van der Waals surface area contributed by atoms with Gasteiger partial charge in [0.2, 0.25) is 5.91 Å². The number of para-hydroxylation sites is 4. The number of methoxy groups -OCH3 is 1. The monoisotopic (exact) mass is 496 g/mol. The summed E-state index contributed by atoms with van der Waals surface area (Å²) in [6.45, 7) is 0.111. The summed E-state index contributed by atoms with van der Waals surface area (Å²) >= 11 is 0. The maximum Gasteiger partial charge on any atom is 0.328 e. The number of aromatic hydroxyl groups is 1. The minimum atomic E-state index is -4.04. The highest BCUT2D eigenvalue weighted by atomic mass is 32.2. The summed E-state index contributed by atoms with van der Waals surface area (Å²) in [5.41, 5.74) is 1.37. The van der Waals surface area contributed by atoms with E-state index < -0.39 is 15.9 Å². The van der Waals surface area contributed by atoms with Gasteiger partial charge >= 0.3 is 5.69 Å². The Morgan fingerprint density at radius 2 is 1.69 bits per heavy atom. The molecule has 0 atom stereocenters. The number of benzene rings is 3. The van der Waals surface area contributed by atoms with E-state index in [0.717, 1.165) is 11.6 Å². The van der Waals surface area contributed by atoms with E-state index in [1.807, 2.05) is 12.1 Å². The lowest BCUT2D eigenvalue weighted by Crippen LogP contribution is -2.24. The number of rotatable bonds is 8. The van der Waals surface area contributed by atoms with Crippen LogP contribution in [0.5, 0.6) is 11.5 Å². The van der Waals surface area contributed by atoms with E-state index >= 15 is 0 Å². The number of ether oxygens (including phenoxy) is 1. The number of phenolic OH excluding ortho intramolecular Hbond substituents is 1. The fraction of sp³-hybridized carbons (Fsp3) is 0.167. The van der Waals surface area contributed by atoms with E-state index in [1.54, 1.807) is 43.4 Å². The molecule has 1 amide bonds. The third-order valence-corrected chi connectivity index (χ3v) is 6.88. The van der Waals surface area contributed by atoms with Crippen LogP contribution in [0.3, 0.4) is 0 Å². The molecule has 0 saturated heterocycles. The maximum atomic E-state index is 12.9. The molecule has 182 valence electrons. The first-order valence-electron chi connectivity index (χ1n) is 10.6. The summed E-state index contributed by atoms with van der Waals surface area (Å²) in [5.74, 6) is -0.448. The number of aryl methyl sites for hydroxylation is 2. The lowest BCUT2D eigenvalue weighted by molar-refractivity contribution is -0.116. The summed E-state index contributed by atoms with van der Waals surface area (Å²) in [6.07, 6.45) is -0.0657. The van der Waals surface area contributed by atoms with Crippen LogP contribution in [0.1, 0.15) is 6.42 Å². The van der Waals surface area contributed by atoms with Crippen LogP contribution in [0.4, 0.5) is 11.4 Å². The van der Waals surface area contributed by atoms with Gasteiger partial charge in [-0.3, -0.25) is 18.7 Å². The highest BCUT2D eigenvalue weighted by Crippen LogP contribution is 2.30. The number of amides is 1. The lowest BCUT2D eigenvalue weighted by atomic mass is 10.2. The summed E-state index contributed by atoms with van der Waals surface area (Å²) in [6, 6.07) is 17.3. The van der Waals surface area contributed by atoms with Crippen LogP contribution in [-0.2, 0) is 28.4 Å². The summed E-state index contributed by atoms with van der Waals surface area (Å²) in [5, 5.41) is 12.7. The molecule has 0 aliphatic carbocycles. The van der Waals surface area contributed by atoms with Crippen LogP contribution in [0.25, 0.3) is 11.0 Å². The Morgan fingerprint density at radius 3 is 2.43 bits per heavy atom. The molecule has 3 aromatic carbocycles. The van der Waals surface area contributed by atoms with E-state index in [1.165, 1.54) is 28.4 Å². The standard InChI is InChI=1S/C24H24N4O6S/c1-27-19-8-4-5-9-20(19)28(24(27)31)14-13-23(30)25-18-15-16(11-12-21(18)29)35(32,33)26-17-7-3-6-10-22(17)34-2/h3-12,15,26,29H,13-14H2,1-2H3,(H,25,30). The summed E-state index contributed by atoms with van der Waals surface area (Å²) in [4.78, 5) is 25.0. The molecular weight excluding hydrogens is 472 g/mol. The van der Waals surface area contributed by atoms with Crippen LogP contribution < -0.4 is 20.5 Å². The number of carbonyl (C=O) groups excluding carboxylic acids is 1. The molecule has 0 unspecified atom stereocenters. The Balaban J connectivity index is 1.51. The second-order valence-electron chi connectivity index (χ2n) is 7.76. The molecule has 11 heteroatoms. The van der Waals surface area contributed by atoms with Crippen molar-refractivity contribution >= 4 is 38.3 Å². The molecule has 0 aliphatic heterocycles. The van der Waals surface area contributed by atoms with Crippen LogP contribution in [0.2, 0.25) is 0 Å². The first-order chi connectivity index (χ1) is 16.7. The predicted molar refractivity (Wildman–Crippen MR) is 132 cm³/mol. The first kappa shape index (κ1) is 23.9. The van der Waals surface area contributed by atoms with Crippen LogP contribution in [-0.4, -0.2) is 35.7 Å². The van der Waals surface area contributed by atoms with Gasteiger partial charge < -0.3 is 15.2 Å². The van der Waals surface area contributed by atoms with Gasteiger partial charge in [-0.2, -0.15) is 0 Å². The van der Waals surface area contributed by atoms with Gasteiger partial charge in [0.1, 0.15) is 11.5 Å². The third kappa shape index (κ3) is 4.85. The van der Waals surface area contributed by atoms with Crippen LogP contribution in [0, 0.1) is 0 Å². The number of hydrogen-bond acceptors (Lipinski definition) is 6. The number of sulfonamides is 1. The number of phenols is 1. The number of imidazole rings is 1. The lowest BCUT2D eigenvalue weighted by Gasteiger charge is -2.13. The number of nitrogens with zero attached hydrogens (tertiary/aromatic N) is 2. The molecule has 4 aromatic rings. The third-order valence-electron chi connectivity index (χ3n) is 5.52. The molecule has 0 aliphatic rings. The largest absolute Gasteiger partial charge is 0.506 e. The molecule has 0 spiro atoms. The van der Waals surface area contributed by atoms with Gasteiger partial charge in [0.05, 0.1) is 34.4 Å². The van der Waals surface area contributed by atoms with Gasteiger partial charge in [0, 0.05) is 20.0 Å². The minimum Gasteiger partial charge on any atom is -0.506 e. The average Bonchev–Trinajstić information content (AvgIpc) is 3.08. The van der Waals surface area contributed by atoms with Crippen molar-refractivity contribution in [1.29, 1.82) is 0 Å². The second-order valence-corrected chi connectivity index (χ2v) is 9.45. The van der Waals surface area contributed by atoms with Crippen molar-refractivity contribution in [1.82, 2.24) is 9.13 Å². The topological polar surface area (TPSA) is 132 Å². The highest BCUT2D eigenvalue weighted by Gasteiger charge is 2.19. The first-order valence-corrected chi connectivity index (χ1v) is 12.1. The van der Waals surface area contributed by atoms with E-state index in [2.05, 4.69) is 10.0 Å². The van der Waals surface area contributed by atoms with E-state index in [0.29, 0.717) is 11.3 Å². The van der Waals surface area contributed by atoms with Crippen LogP contribution >= 0.6 is 0 Å². The number of nitrogens with one attached hydrogen (secondary N) is 2. The van der Waals surface area contributed by atoms with Crippen molar-refractivity contribution in [2.75, 3.05) is 17.1 Å². The van der Waals surface area contributed by atoms with Crippen molar-refractivity contribution in [2.24, 2.45) is 7.05 Å². The predicted octanol–water partition coefficient (Wildman–Crippen LogP) is 2.88. The van der Waals surface area contributed by atoms with E-state index in [4.69, 9.17) is 4.74 Å². The zero-order valence-corrected chi connectivity index (χ0v) is 19.9. The van der Waals surface area contributed by atoms with Crippen molar-refractivity contribution in [3.05, 3.63) is 77.2 Å². The number of anilines is 2. The number of hydrogen-bond donors (Lipinski definition) is 3. The molecule has 0 saturated carbocycles. The molecule has 0 bridgehead atoms. The van der Waals surface area contributed by atoms with Crippen LogP contribution in [0.15, 0.2) is 76.4 Å². The molecule has 10 nitrogen and oxygen atoms in total. The molecule has 1 aromatic heterocycles. The molecule has 1 heterocycles. The number of fused-ring (bicyclic) bond motifs is 1. The molecule has 35 heavy (non-hydrogen) atoms. The number of carbonyl (C=O) groups is 1. The highest BCUT2D eigenvalue weighted by molar-refractivity contribution is 7.92. The Hall–Kier alpha value is -4.25. The summed E-state index contributed by atoms with van der Waals surface area (Å²) in [7, 11) is -0.963. The van der Waals surface area contributed by atoms with Crippen molar-refractivity contribution < 1.29 is 23.1 Å². The zero-order valence-electron chi connectivity index (χ0n) is 19.1. The van der Waals surface area contributed by atoms with Crippen molar-refractivity contribution in [3.8, 4) is 11.5 Å². The Bertz CT molecular complexity index is 1570. The minimum absolute atomic E-state index is 0.0657. The molecule has 0 radical (unpaired) electrons. The number of aromatic nitrogens is 2. The smallest absolute Gasteiger partial charge is 0.328 e. The second kappa shape index (κ2) is 9.55. The molecular formula is C24H24N4O6S. The van der Waals surface area contributed by atoms with Crippen molar-refractivity contribution in [3.63, 3.8) is 0 Å². The maximum absolute atomic E-state index is 12.9. The van der Waals surface area contributed by atoms with Gasteiger partial charge in [0.15, 0.2) is 0 Å².